The second kappa shape index (κ2) is 5.97. The molecule has 7 heteroatoms. The van der Waals surface area contributed by atoms with Crippen molar-refractivity contribution < 1.29 is 8.42 Å². The van der Waals surface area contributed by atoms with E-state index in [9.17, 15) is 8.42 Å². The summed E-state index contributed by atoms with van der Waals surface area (Å²) >= 11 is 0. The first kappa shape index (κ1) is 14.2. The van der Waals surface area contributed by atoms with E-state index >= 15 is 0 Å². The summed E-state index contributed by atoms with van der Waals surface area (Å²) in [5, 5.41) is -0.0357. The van der Waals surface area contributed by atoms with E-state index in [-0.39, 0.29) is 5.16 Å². The van der Waals surface area contributed by atoms with Crippen LogP contribution < -0.4 is 4.72 Å². The highest BCUT2D eigenvalue weighted by Gasteiger charge is 2.18. The van der Waals surface area contributed by atoms with Gasteiger partial charge in [-0.15, -0.1) is 0 Å². The van der Waals surface area contributed by atoms with Crippen LogP contribution in [-0.4, -0.2) is 42.9 Å². The predicted octanol–water partition coefficient (Wildman–Crippen LogP) is 0.746. The Hall–Kier alpha value is -1.70. The molecule has 0 fully saturated rings. The number of rotatable bonds is 5. The molecule has 0 bridgehead atoms. The number of imidazole rings is 1. The van der Waals surface area contributed by atoms with Crippen LogP contribution in [0.3, 0.4) is 0 Å². The fourth-order valence-electron chi connectivity index (χ4n) is 2.55. The van der Waals surface area contributed by atoms with Crippen LogP contribution >= 0.6 is 0 Å². The Morgan fingerprint density at radius 1 is 1.29 bits per heavy atom. The fraction of sp³-hybridized carbons (Fsp3) is 0.357. The molecule has 1 aliphatic rings. The minimum Gasteiger partial charge on any atom is -0.334 e. The lowest BCUT2D eigenvalue weighted by atomic mass is 10.0. The van der Waals surface area contributed by atoms with Crippen molar-refractivity contribution >= 4 is 10.0 Å². The molecule has 1 aliphatic heterocycles. The molecule has 0 spiro atoms. The van der Waals surface area contributed by atoms with Gasteiger partial charge in [0.25, 0.3) is 10.0 Å². The van der Waals surface area contributed by atoms with E-state index in [0.29, 0.717) is 13.1 Å². The Balaban J connectivity index is 1.53. The number of benzene rings is 1. The number of nitrogens with zero attached hydrogens (tertiary/aromatic N) is 2. The van der Waals surface area contributed by atoms with Crippen molar-refractivity contribution in [3.8, 4) is 0 Å². The third-order valence-electron chi connectivity index (χ3n) is 3.66. The van der Waals surface area contributed by atoms with Crippen LogP contribution in [0.5, 0.6) is 0 Å². The van der Waals surface area contributed by atoms with Gasteiger partial charge in [-0.25, -0.2) is 18.1 Å². The summed E-state index contributed by atoms with van der Waals surface area (Å²) in [6, 6.07) is 8.40. The Kier molecular flexibility index (Phi) is 4.05. The summed E-state index contributed by atoms with van der Waals surface area (Å²) in [6.07, 6.45) is 3.94. The number of hydrogen-bond acceptors (Lipinski definition) is 4. The molecular formula is C14H18N4O2S. The van der Waals surface area contributed by atoms with Gasteiger partial charge in [-0.1, -0.05) is 24.3 Å². The van der Waals surface area contributed by atoms with Gasteiger partial charge in [-0.2, -0.15) is 0 Å². The molecule has 112 valence electrons. The van der Waals surface area contributed by atoms with Crippen LogP contribution in [-0.2, 0) is 23.0 Å². The summed E-state index contributed by atoms with van der Waals surface area (Å²) in [7, 11) is -3.52. The van der Waals surface area contributed by atoms with E-state index in [1.165, 1.54) is 23.5 Å². The molecule has 0 aliphatic carbocycles. The lowest BCUT2D eigenvalue weighted by Crippen LogP contribution is -2.38. The number of aromatic nitrogens is 2. The van der Waals surface area contributed by atoms with Crippen molar-refractivity contribution in [3.05, 3.63) is 47.8 Å². The van der Waals surface area contributed by atoms with Crippen molar-refractivity contribution in [2.45, 2.75) is 18.1 Å². The minimum absolute atomic E-state index is 0.0357. The highest BCUT2D eigenvalue weighted by molar-refractivity contribution is 7.89. The number of H-pyrrole nitrogens is 1. The Morgan fingerprint density at radius 2 is 2.10 bits per heavy atom. The zero-order valence-electron chi connectivity index (χ0n) is 11.6. The molecule has 2 N–H and O–H groups in total. The van der Waals surface area contributed by atoms with Gasteiger partial charge in [0.1, 0.15) is 0 Å². The number of hydrogen-bond donors (Lipinski definition) is 2. The molecule has 0 saturated heterocycles. The first-order valence-corrected chi connectivity index (χ1v) is 8.42. The minimum atomic E-state index is -3.52. The first-order chi connectivity index (χ1) is 10.1. The molecule has 0 atom stereocenters. The maximum Gasteiger partial charge on any atom is 0.274 e. The second-order valence-corrected chi connectivity index (χ2v) is 6.77. The second-order valence-electron chi connectivity index (χ2n) is 5.09. The standard InChI is InChI=1S/C14H18N4O2S/c19-21(20,14-15-6-7-16-14)17-8-10-18-9-5-12-3-1-2-4-13(12)11-18/h1-4,6-7,17H,5,8-11H2,(H,15,16). The molecule has 3 rings (SSSR count). The van der Waals surface area contributed by atoms with Gasteiger partial charge in [0.15, 0.2) is 0 Å². The van der Waals surface area contributed by atoms with E-state index in [4.69, 9.17) is 0 Å². The van der Waals surface area contributed by atoms with Gasteiger partial charge in [-0.05, 0) is 17.5 Å². The van der Waals surface area contributed by atoms with Crippen molar-refractivity contribution in [1.29, 1.82) is 0 Å². The van der Waals surface area contributed by atoms with Crippen LogP contribution in [0, 0.1) is 0 Å². The average Bonchev–Trinajstić information content (AvgIpc) is 3.02. The van der Waals surface area contributed by atoms with Crippen LogP contribution in [0.1, 0.15) is 11.1 Å². The zero-order valence-corrected chi connectivity index (χ0v) is 12.4. The van der Waals surface area contributed by atoms with Crippen LogP contribution in [0.4, 0.5) is 0 Å². The third-order valence-corrected chi connectivity index (χ3v) is 4.97. The molecule has 1 aromatic carbocycles. The molecular weight excluding hydrogens is 288 g/mol. The van der Waals surface area contributed by atoms with E-state index < -0.39 is 10.0 Å². The van der Waals surface area contributed by atoms with Crippen LogP contribution in [0.15, 0.2) is 41.8 Å². The van der Waals surface area contributed by atoms with Crippen molar-refractivity contribution in [2.24, 2.45) is 0 Å². The fourth-order valence-corrected chi connectivity index (χ4v) is 3.47. The average molecular weight is 306 g/mol. The first-order valence-electron chi connectivity index (χ1n) is 6.93. The predicted molar refractivity (Wildman–Crippen MR) is 79.2 cm³/mol. The number of sulfonamides is 1. The quantitative estimate of drug-likeness (QED) is 0.854. The third kappa shape index (κ3) is 3.31. The maximum atomic E-state index is 11.9. The lowest BCUT2D eigenvalue weighted by molar-refractivity contribution is 0.258. The summed E-state index contributed by atoms with van der Waals surface area (Å²) < 4.78 is 26.4. The molecule has 2 heterocycles. The maximum absolute atomic E-state index is 11.9. The molecule has 0 radical (unpaired) electrons. The molecule has 21 heavy (non-hydrogen) atoms. The van der Waals surface area contributed by atoms with Crippen molar-refractivity contribution in [3.63, 3.8) is 0 Å². The summed E-state index contributed by atoms with van der Waals surface area (Å²) in [4.78, 5) is 8.62. The van der Waals surface area contributed by atoms with Gasteiger partial charge in [0, 0.05) is 38.6 Å². The number of fused-ring (bicyclic) bond motifs is 1. The van der Waals surface area contributed by atoms with Gasteiger partial charge < -0.3 is 4.98 Å². The SMILES string of the molecule is O=S(=O)(NCCN1CCc2ccccc2C1)c1ncc[nH]1. The largest absolute Gasteiger partial charge is 0.334 e. The molecule has 2 aromatic rings. The highest BCUT2D eigenvalue weighted by Crippen LogP contribution is 2.17. The van der Waals surface area contributed by atoms with E-state index in [1.807, 2.05) is 6.07 Å². The van der Waals surface area contributed by atoms with E-state index in [1.54, 1.807) is 0 Å². The molecule has 0 amide bonds. The number of nitrogens with one attached hydrogen (secondary N) is 2. The number of aromatic amines is 1. The molecule has 0 unspecified atom stereocenters. The monoisotopic (exact) mass is 306 g/mol. The zero-order chi connectivity index (χ0) is 14.7. The van der Waals surface area contributed by atoms with Gasteiger partial charge in [0.05, 0.1) is 0 Å². The van der Waals surface area contributed by atoms with Gasteiger partial charge in [-0.3, -0.25) is 4.90 Å². The summed E-state index contributed by atoms with van der Waals surface area (Å²) in [5.74, 6) is 0. The summed E-state index contributed by atoms with van der Waals surface area (Å²) in [5.41, 5.74) is 2.72. The molecule has 6 nitrogen and oxygen atoms in total. The van der Waals surface area contributed by atoms with Crippen molar-refractivity contribution in [1.82, 2.24) is 19.6 Å². The lowest BCUT2D eigenvalue weighted by Gasteiger charge is -2.28. The Bertz CT molecular complexity index is 698. The van der Waals surface area contributed by atoms with E-state index in [2.05, 4.69) is 37.8 Å². The summed E-state index contributed by atoms with van der Waals surface area (Å²) in [6.45, 7) is 2.90. The van der Waals surface area contributed by atoms with E-state index in [0.717, 1.165) is 19.5 Å². The topological polar surface area (TPSA) is 78.1 Å². The Labute approximate surface area is 124 Å². The smallest absolute Gasteiger partial charge is 0.274 e. The normalized spacial score (nSPS) is 15.8. The van der Waals surface area contributed by atoms with Crippen LogP contribution in [0.2, 0.25) is 0 Å². The van der Waals surface area contributed by atoms with Crippen LogP contribution in [0.25, 0.3) is 0 Å². The molecule has 0 saturated carbocycles. The highest BCUT2D eigenvalue weighted by atomic mass is 32.2. The molecule has 1 aromatic heterocycles. The van der Waals surface area contributed by atoms with Crippen molar-refractivity contribution in [2.75, 3.05) is 19.6 Å². The Morgan fingerprint density at radius 3 is 2.86 bits per heavy atom. The van der Waals surface area contributed by atoms with Gasteiger partial charge >= 0.3 is 0 Å². The van der Waals surface area contributed by atoms with Gasteiger partial charge in [0.2, 0.25) is 5.16 Å².